The molecule has 0 amide bonds. The standard InChI is InChI=1S/C22H22N5/c1-26(18-15-24-25-23)21-11-9-19(10-12-21)7-8-20-13-16-27(17-14-20)22-5-3-2-4-6-22/h2-14,16-17H,15,18H2,1H3/q+1. The molecule has 0 bridgehead atoms. The number of anilines is 1. The zero-order valence-electron chi connectivity index (χ0n) is 15.3. The molecule has 0 spiro atoms. The summed E-state index contributed by atoms with van der Waals surface area (Å²) < 4.78 is 2.10. The average molecular weight is 356 g/mol. The first-order chi connectivity index (χ1) is 13.3. The molecule has 5 nitrogen and oxygen atoms in total. The molecule has 134 valence electrons. The fourth-order valence-electron chi connectivity index (χ4n) is 2.72. The van der Waals surface area contributed by atoms with Crippen molar-refractivity contribution in [2.45, 2.75) is 0 Å². The molecule has 0 radical (unpaired) electrons. The maximum Gasteiger partial charge on any atom is 0.210 e. The van der Waals surface area contributed by atoms with Gasteiger partial charge in [-0.05, 0) is 28.8 Å². The van der Waals surface area contributed by atoms with Gasteiger partial charge in [0.25, 0.3) is 0 Å². The molecule has 0 atom stereocenters. The molecule has 0 unspecified atom stereocenters. The summed E-state index contributed by atoms with van der Waals surface area (Å²) in [7, 11) is 1.99. The Bertz CT molecular complexity index is 925. The minimum Gasteiger partial charge on any atom is -0.374 e. The quantitative estimate of drug-likeness (QED) is 0.258. The van der Waals surface area contributed by atoms with Gasteiger partial charge in [0, 0.05) is 55.0 Å². The molecule has 1 heterocycles. The van der Waals surface area contributed by atoms with Gasteiger partial charge in [0.05, 0.1) is 0 Å². The summed E-state index contributed by atoms with van der Waals surface area (Å²) in [4.78, 5) is 4.85. The van der Waals surface area contributed by atoms with E-state index in [1.807, 2.05) is 25.2 Å². The number of nitrogens with zero attached hydrogens (tertiary/aromatic N) is 5. The largest absolute Gasteiger partial charge is 0.374 e. The van der Waals surface area contributed by atoms with Crippen molar-refractivity contribution in [1.29, 1.82) is 0 Å². The predicted octanol–water partition coefficient (Wildman–Crippen LogP) is 4.88. The van der Waals surface area contributed by atoms with Gasteiger partial charge < -0.3 is 4.90 Å². The smallest absolute Gasteiger partial charge is 0.210 e. The van der Waals surface area contributed by atoms with Crippen LogP contribution in [0.1, 0.15) is 11.1 Å². The lowest BCUT2D eigenvalue weighted by molar-refractivity contribution is -0.595. The van der Waals surface area contributed by atoms with Gasteiger partial charge in [-0.2, -0.15) is 4.57 Å². The molecule has 3 rings (SSSR count). The first kappa shape index (κ1) is 18.2. The van der Waals surface area contributed by atoms with E-state index in [0.717, 1.165) is 22.5 Å². The van der Waals surface area contributed by atoms with E-state index in [-0.39, 0.29) is 0 Å². The van der Waals surface area contributed by atoms with Gasteiger partial charge in [-0.25, -0.2) is 0 Å². The molecule has 1 aromatic heterocycles. The average Bonchev–Trinajstić information content (AvgIpc) is 2.74. The highest BCUT2D eigenvalue weighted by molar-refractivity contribution is 5.70. The van der Waals surface area contributed by atoms with Gasteiger partial charge in [0.15, 0.2) is 12.4 Å². The van der Waals surface area contributed by atoms with Crippen molar-refractivity contribution >= 4 is 17.8 Å². The number of pyridine rings is 1. The number of benzene rings is 2. The number of para-hydroxylation sites is 1. The second-order valence-corrected chi connectivity index (χ2v) is 6.18. The van der Waals surface area contributed by atoms with E-state index in [1.54, 1.807) is 0 Å². The van der Waals surface area contributed by atoms with Crippen LogP contribution in [-0.4, -0.2) is 20.1 Å². The molecule has 0 aliphatic heterocycles. The maximum atomic E-state index is 8.34. The Hall–Kier alpha value is -3.56. The molecule has 5 heteroatoms. The minimum atomic E-state index is 0.464. The third kappa shape index (κ3) is 5.21. The van der Waals surface area contributed by atoms with Crippen LogP contribution < -0.4 is 9.47 Å². The van der Waals surface area contributed by atoms with E-state index in [2.05, 4.69) is 92.6 Å². The molecule has 2 aromatic carbocycles. The Morgan fingerprint density at radius 1 is 0.926 bits per heavy atom. The summed E-state index contributed by atoms with van der Waals surface area (Å²) in [6.07, 6.45) is 8.34. The second kappa shape index (κ2) is 9.22. The Kier molecular flexibility index (Phi) is 6.23. The highest BCUT2D eigenvalue weighted by atomic mass is 15.2. The summed E-state index contributed by atoms with van der Waals surface area (Å²) in [6.45, 7) is 1.16. The van der Waals surface area contributed by atoms with Crippen LogP contribution in [0.3, 0.4) is 0 Å². The minimum absolute atomic E-state index is 0.464. The van der Waals surface area contributed by atoms with Gasteiger partial charge in [0.1, 0.15) is 0 Å². The topological polar surface area (TPSA) is 55.9 Å². The van der Waals surface area contributed by atoms with Crippen molar-refractivity contribution in [2.24, 2.45) is 5.11 Å². The lowest BCUT2D eigenvalue weighted by atomic mass is 10.1. The molecule has 0 aliphatic rings. The summed E-state index contributed by atoms with van der Waals surface area (Å²) >= 11 is 0. The Balaban J connectivity index is 1.63. The lowest BCUT2D eigenvalue weighted by Gasteiger charge is -2.18. The number of rotatable bonds is 7. The number of likely N-dealkylation sites (N-methyl/N-ethyl adjacent to an activating group) is 1. The van der Waals surface area contributed by atoms with Gasteiger partial charge in [0.2, 0.25) is 5.69 Å². The van der Waals surface area contributed by atoms with Crippen LogP contribution in [0, 0.1) is 0 Å². The molecular weight excluding hydrogens is 334 g/mol. The first-order valence-corrected chi connectivity index (χ1v) is 8.83. The van der Waals surface area contributed by atoms with Gasteiger partial charge in [-0.3, -0.25) is 0 Å². The fraction of sp³-hybridized carbons (Fsp3) is 0.136. The normalized spacial score (nSPS) is 10.6. The zero-order chi connectivity index (χ0) is 18.9. The summed E-state index contributed by atoms with van der Waals surface area (Å²) in [6, 6.07) is 22.8. The monoisotopic (exact) mass is 356 g/mol. The summed E-state index contributed by atoms with van der Waals surface area (Å²) in [5, 5.41) is 3.57. The molecular formula is C22H22N5+. The van der Waals surface area contributed by atoms with Crippen LogP contribution in [0.15, 0.2) is 84.2 Å². The number of azide groups is 1. The molecule has 0 fully saturated rings. The highest BCUT2D eigenvalue weighted by Crippen LogP contribution is 2.15. The van der Waals surface area contributed by atoms with E-state index in [4.69, 9.17) is 5.53 Å². The third-order valence-electron chi connectivity index (χ3n) is 4.31. The van der Waals surface area contributed by atoms with E-state index in [1.165, 1.54) is 0 Å². The van der Waals surface area contributed by atoms with Crippen molar-refractivity contribution < 1.29 is 4.57 Å². The van der Waals surface area contributed by atoms with E-state index < -0.39 is 0 Å². The van der Waals surface area contributed by atoms with Crippen molar-refractivity contribution in [3.8, 4) is 5.69 Å². The van der Waals surface area contributed by atoms with Crippen LogP contribution in [0.4, 0.5) is 5.69 Å². The van der Waals surface area contributed by atoms with E-state index in [0.29, 0.717) is 13.1 Å². The van der Waals surface area contributed by atoms with Crippen LogP contribution in [0.25, 0.3) is 28.3 Å². The number of aromatic nitrogens is 1. The second-order valence-electron chi connectivity index (χ2n) is 6.18. The highest BCUT2D eigenvalue weighted by Gasteiger charge is 2.03. The summed E-state index contributed by atoms with van der Waals surface area (Å²) in [5.74, 6) is 0. The Morgan fingerprint density at radius 3 is 2.19 bits per heavy atom. The van der Waals surface area contributed by atoms with Crippen molar-refractivity contribution in [3.63, 3.8) is 0 Å². The van der Waals surface area contributed by atoms with Gasteiger partial charge in [-0.15, -0.1) is 0 Å². The Labute approximate surface area is 159 Å². The molecule has 0 saturated heterocycles. The first-order valence-electron chi connectivity index (χ1n) is 8.83. The van der Waals surface area contributed by atoms with E-state index in [9.17, 15) is 0 Å². The van der Waals surface area contributed by atoms with Crippen LogP contribution in [-0.2, 0) is 0 Å². The van der Waals surface area contributed by atoms with Crippen LogP contribution in [0.2, 0.25) is 0 Å². The molecule has 0 saturated carbocycles. The molecule has 0 N–H and O–H groups in total. The maximum absolute atomic E-state index is 8.34. The number of hydrogen-bond donors (Lipinski definition) is 0. The molecule has 0 aliphatic carbocycles. The van der Waals surface area contributed by atoms with Crippen molar-refractivity contribution in [3.05, 3.63) is 101 Å². The lowest BCUT2D eigenvalue weighted by Crippen LogP contribution is -2.28. The van der Waals surface area contributed by atoms with Gasteiger partial charge in [-0.1, -0.05) is 47.6 Å². The molecule has 27 heavy (non-hydrogen) atoms. The van der Waals surface area contributed by atoms with Crippen LogP contribution >= 0.6 is 0 Å². The van der Waals surface area contributed by atoms with Crippen molar-refractivity contribution in [1.82, 2.24) is 0 Å². The molecule has 3 aromatic rings. The SMILES string of the molecule is CN(CCN=[N+]=[N-])c1ccc(/C=C/c2cc[n+](-c3ccccc3)cc2)cc1. The zero-order valence-corrected chi connectivity index (χ0v) is 15.3. The third-order valence-corrected chi connectivity index (χ3v) is 4.31. The number of hydrogen-bond acceptors (Lipinski definition) is 2. The van der Waals surface area contributed by atoms with E-state index >= 15 is 0 Å². The predicted molar refractivity (Wildman–Crippen MR) is 111 cm³/mol. The summed E-state index contributed by atoms with van der Waals surface area (Å²) in [5.41, 5.74) is 12.9. The fourth-order valence-corrected chi connectivity index (χ4v) is 2.72. The van der Waals surface area contributed by atoms with Crippen LogP contribution in [0.5, 0.6) is 0 Å². The van der Waals surface area contributed by atoms with Crippen molar-refractivity contribution in [2.75, 3.05) is 25.0 Å². The van der Waals surface area contributed by atoms with Gasteiger partial charge >= 0.3 is 0 Å². The Morgan fingerprint density at radius 2 is 1.56 bits per heavy atom.